The van der Waals surface area contributed by atoms with E-state index < -0.39 is 23.2 Å². The standard InChI is InChI=1S/C22H27F3N4O3/c23-22(24,25)14-1-3-27-16(7-14)28-15-2-4-29(20(31)32)18(15)17-12-5-11-6-13(17)10-21(8-11,9-12)19(26)30/h1,3,7,11-13,15,17-18H,2,4-6,8-10H2,(H2,26,30)(H,27,28)(H,31,32)/t11?,12-,13?,15?,17?,18-,21?/m0/s1. The zero-order valence-electron chi connectivity index (χ0n) is 17.5. The number of anilines is 1. The van der Waals surface area contributed by atoms with E-state index in [9.17, 15) is 27.9 Å². The molecule has 4 saturated carbocycles. The maximum absolute atomic E-state index is 13.1. The Kier molecular flexibility index (Phi) is 4.83. The number of rotatable bonds is 4. The lowest BCUT2D eigenvalue weighted by molar-refractivity contribution is -0.154. The second-order valence-electron chi connectivity index (χ2n) is 10.1. The number of carboxylic acid groups (broad SMARTS) is 1. The van der Waals surface area contributed by atoms with Gasteiger partial charge in [-0.3, -0.25) is 4.79 Å². The molecular formula is C22H27F3N4O3. The average Bonchev–Trinajstić information content (AvgIpc) is 3.10. The van der Waals surface area contributed by atoms with E-state index in [1.165, 1.54) is 4.90 Å². The van der Waals surface area contributed by atoms with Crippen molar-refractivity contribution in [3.8, 4) is 0 Å². The van der Waals surface area contributed by atoms with E-state index in [0.29, 0.717) is 31.7 Å². The molecule has 7 atom stereocenters. The maximum Gasteiger partial charge on any atom is 0.416 e. The van der Waals surface area contributed by atoms with Gasteiger partial charge in [-0.05, 0) is 74.3 Å². The molecule has 4 N–H and O–H groups in total. The fourth-order valence-electron chi connectivity index (χ4n) is 7.47. The smallest absolute Gasteiger partial charge is 0.416 e. The molecule has 2 heterocycles. The molecular weight excluding hydrogens is 425 g/mol. The zero-order chi connectivity index (χ0) is 22.8. The van der Waals surface area contributed by atoms with Crippen molar-refractivity contribution in [2.45, 2.75) is 56.8 Å². The molecule has 0 aromatic carbocycles. The first-order chi connectivity index (χ1) is 15.1. The molecule has 174 valence electrons. The minimum Gasteiger partial charge on any atom is -0.465 e. The molecule has 6 rings (SSSR count). The summed E-state index contributed by atoms with van der Waals surface area (Å²) in [6, 6.07) is 1.18. The summed E-state index contributed by atoms with van der Waals surface area (Å²) >= 11 is 0. The largest absolute Gasteiger partial charge is 0.465 e. The zero-order valence-corrected chi connectivity index (χ0v) is 17.5. The van der Waals surface area contributed by atoms with Gasteiger partial charge >= 0.3 is 12.3 Å². The number of hydrogen-bond donors (Lipinski definition) is 3. The molecule has 5 fully saturated rings. The third kappa shape index (κ3) is 3.38. The average molecular weight is 452 g/mol. The van der Waals surface area contributed by atoms with Crippen molar-refractivity contribution in [3.05, 3.63) is 23.9 Å². The Labute approximate surface area is 183 Å². The number of nitrogens with two attached hydrogens (primary N) is 1. The number of aromatic nitrogens is 1. The summed E-state index contributed by atoms with van der Waals surface area (Å²) in [5.41, 5.74) is 4.51. The fourth-order valence-corrected chi connectivity index (χ4v) is 7.47. The first-order valence-corrected chi connectivity index (χ1v) is 11.2. The lowest BCUT2D eigenvalue weighted by Crippen LogP contribution is -2.61. The summed E-state index contributed by atoms with van der Waals surface area (Å²) in [5, 5.41) is 13.0. The second kappa shape index (κ2) is 7.25. The van der Waals surface area contributed by atoms with Crippen LogP contribution in [0.25, 0.3) is 0 Å². The van der Waals surface area contributed by atoms with Crippen LogP contribution >= 0.6 is 0 Å². The topological polar surface area (TPSA) is 109 Å². The van der Waals surface area contributed by atoms with Gasteiger partial charge in [0, 0.05) is 18.2 Å². The quantitative estimate of drug-likeness (QED) is 0.647. The lowest BCUT2D eigenvalue weighted by atomic mass is 9.44. The molecule has 2 amide bonds. The number of amides is 2. The van der Waals surface area contributed by atoms with E-state index in [-0.39, 0.29) is 41.6 Å². The fraction of sp³-hybridized carbons (Fsp3) is 0.682. The molecule has 5 unspecified atom stereocenters. The van der Waals surface area contributed by atoms with Gasteiger partial charge in [0.2, 0.25) is 5.91 Å². The monoisotopic (exact) mass is 452 g/mol. The summed E-state index contributed by atoms with van der Waals surface area (Å²) in [5.74, 6) is 0.725. The molecule has 7 nitrogen and oxygen atoms in total. The number of nitrogens with one attached hydrogen (secondary N) is 1. The number of pyridine rings is 1. The van der Waals surface area contributed by atoms with Gasteiger partial charge in [0.05, 0.1) is 17.6 Å². The van der Waals surface area contributed by atoms with E-state index >= 15 is 0 Å². The predicted octanol–water partition coefficient (Wildman–Crippen LogP) is 3.56. The number of carbonyl (C=O) groups excluding carboxylic acids is 1. The highest BCUT2D eigenvalue weighted by Gasteiger charge is 2.61. The van der Waals surface area contributed by atoms with Gasteiger partial charge in [0.15, 0.2) is 0 Å². The second-order valence-corrected chi connectivity index (χ2v) is 10.1. The van der Waals surface area contributed by atoms with Gasteiger partial charge in [0.25, 0.3) is 0 Å². The van der Waals surface area contributed by atoms with E-state index in [2.05, 4.69) is 10.3 Å². The first kappa shape index (κ1) is 21.3. The Hall–Kier alpha value is -2.52. The number of primary amides is 1. The number of likely N-dealkylation sites (tertiary alicyclic amines) is 1. The number of halogens is 3. The summed E-state index contributed by atoms with van der Waals surface area (Å²) in [7, 11) is 0. The predicted molar refractivity (Wildman–Crippen MR) is 108 cm³/mol. The molecule has 32 heavy (non-hydrogen) atoms. The van der Waals surface area contributed by atoms with Gasteiger partial charge in [-0.25, -0.2) is 9.78 Å². The van der Waals surface area contributed by atoms with Crippen LogP contribution in [0.1, 0.15) is 44.1 Å². The third-order valence-electron chi connectivity index (χ3n) is 8.38. The molecule has 1 aromatic heterocycles. The normalized spacial score (nSPS) is 38.2. The molecule has 10 heteroatoms. The van der Waals surface area contributed by atoms with E-state index in [1.807, 2.05) is 0 Å². The van der Waals surface area contributed by atoms with Crippen LogP contribution in [0.2, 0.25) is 0 Å². The van der Waals surface area contributed by atoms with E-state index in [1.54, 1.807) is 0 Å². The molecule has 1 saturated heterocycles. The van der Waals surface area contributed by atoms with Crippen molar-refractivity contribution in [1.82, 2.24) is 9.88 Å². The molecule has 0 spiro atoms. The van der Waals surface area contributed by atoms with Crippen LogP contribution in [0, 0.1) is 29.1 Å². The van der Waals surface area contributed by atoms with Crippen molar-refractivity contribution < 1.29 is 27.9 Å². The van der Waals surface area contributed by atoms with Crippen LogP contribution in [-0.2, 0) is 11.0 Å². The highest BCUT2D eigenvalue weighted by Crippen LogP contribution is 2.63. The first-order valence-electron chi connectivity index (χ1n) is 11.2. The van der Waals surface area contributed by atoms with E-state index in [0.717, 1.165) is 37.6 Å². The lowest BCUT2D eigenvalue weighted by Gasteiger charge is -2.61. The van der Waals surface area contributed by atoms with Gasteiger partial charge in [-0.2, -0.15) is 13.2 Å². The Morgan fingerprint density at radius 3 is 2.50 bits per heavy atom. The summed E-state index contributed by atoms with van der Waals surface area (Å²) in [6.07, 6.45) is 0.200. The Morgan fingerprint density at radius 2 is 1.91 bits per heavy atom. The number of hydrogen-bond acceptors (Lipinski definition) is 4. The Bertz CT molecular complexity index is 923. The van der Waals surface area contributed by atoms with Crippen molar-refractivity contribution in [3.63, 3.8) is 0 Å². The SMILES string of the molecule is NC(=O)C12CC3CC(C1)C([C@@H]1C(Nc4cc(C(F)(F)F)ccn4)CCN1C(=O)O)[C@@H](C3)C2. The maximum atomic E-state index is 13.1. The third-order valence-corrected chi connectivity index (χ3v) is 8.38. The van der Waals surface area contributed by atoms with Crippen LogP contribution in [0.3, 0.4) is 0 Å². The summed E-state index contributed by atoms with van der Waals surface area (Å²) < 4.78 is 39.4. The summed E-state index contributed by atoms with van der Waals surface area (Å²) in [6.45, 7) is 0.316. The van der Waals surface area contributed by atoms with Crippen molar-refractivity contribution in [2.24, 2.45) is 34.8 Å². The molecule has 4 bridgehead atoms. The van der Waals surface area contributed by atoms with Crippen molar-refractivity contribution in [2.75, 3.05) is 11.9 Å². The molecule has 1 aliphatic heterocycles. The number of nitrogens with zero attached hydrogens (tertiary/aromatic N) is 2. The van der Waals surface area contributed by atoms with Gasteiger partial charge in [-0.1, -0.05) is 0 Å². The van der Waals surface area contributed by atoms with Gasteiger partial charge in [0.1, 0.15) is 5.82 Å². The van der Waals surface area contributed by atoms with E-state index in [4.69, 9.17) is 5.73 Å². The molecule has 1 aromatic rings. The van der Waals surface area contributed by atoms with Crippen LogP contribution < -0.4 is 11.1 Å². The van der Waals surface area contributed by atoms with Crippen LogP contribution in [-0.4, -0.2) is 45.6 Å². The summed E-state index contributed by atoms with van der Waals surface area (Å²) in [4.78, 5) is 29.8. The van der Waals surface area contributed by atoms with Gasteiger partial charge in [-0.15, -0.1) is 0 Å². The molecule has 4 aliphatic carbocycles. The minimum atomic E-state index is -4.48. The minimum absolute atomic E-state index is 0.0564. The van der Waals surface area contributed by atoms with Crippen LogP contribution in [0.5, 0.6) is 0 Å². The number of carbonyl (C=O) groups is 2. The Balaban J connectivity index is 1.43. The molecule has 5 aliphatic rings. The van der Waals surface area contributed by atoms with Gasteiger partial charge < -0.3 is 21.1 Å². The van der Waals surface area contributed by atoms with Crippen molar-refractivity contribution >= 4 is 17.8 Å². The van der Waals surface area contributed by atoms with Crippen LogP contribution in [0.15, 0.2) is 18.3 Å². The molecule has 0 radical (unpaired) electrons. The number of alkyl halides is 3. The van der Waals surface area contributed by atoms with Crippen molar-refractivity contribution in [1.29, 1.82) is 0 Å². The highest BCUT2D eigenvalue weighted by molar-refractivity contribution is 5.81. The highest BCUT2D eigenvalue weighted by atomic mass is 19.4. The van der Waals surface area contributed by atoms with Crippen LogP contribution in [0.4, 0.5) is 23.8 Å². The Morgan fingerprint density at radius 1 is 1.22 bits per heavy atom.